The molecule has 1 unspecified atom stereocenters. The lowest BCUT2D eigenvalue weighted by Crippen LogP contribution is -2.25. The molecule has 2 aliphatic carbocycles. The second-order valence-electron chi connectivity index (χ2n) is 6.03. The van der Waals surface area contributed by atoms with Crippen molar-refractivity contribution in [3.05, 3.63) is 76.4 Å². The average molecular weight is 274 g/mol. The summed E-state index contributed by atoms with van der Waals surface area (Å²) < 4.78 is 0. The van der Waals surface area contributed by atoms with Crippen molar-refractivity contribution >= 4 is 11.9 Å². The number of allylic oxidation sites excluding steroid dienone is 1. The Labute approximate surface area is 125 Å². The van der Waals surface area contributed by atoms with Gasteiger partial charge in [-0.2, -0.15) is 0 Å². The van der Waals surface area contributed by atoms with Crippen molar-refractivity contribution in [1.82, 2.24) is 0 Å². The maximum atomic E-state index is 12.8. The lowest BCUT2D eigenvalue weighted by molar-refractivity contribution is 0.0922. The van der Waals surface area contributed by atoms with Crippen LogP contribution in [0.25, 0.3) is 6.08 Å². The monoisotopic (exact) mass is 274 g/mol. The highest BCUT2D eigenvalue weighted by Crippen LogP contribution is 2.35. The van der Waals surface area contributed by atoms with E-state index in [1.165, 1.54) is 22.3 Å². The zero-order valence-corrected chi connectivity index (χ0v) is 12.0. The Morgan fingerprint density at radius 2 is 1.57 bits per heavy atom. The topological polar surface area (TPSA) is 17.1 Å². The molecule has 0 amide bonds. The predicted molar refractivity (Wildman–Crippen MR) is 85.3 cm³/mol. The van der Waals surface area contributed by atoms with Crippen LogP contribution in [0.3, 0.4) is 0 Å². The maximum absolute atomic E-state index is 12.8. The third kappa shape index (κ3) is 2.13. The van der Waals surface area contributed by atoms with E-state index in [0.717, 1.165) is 31.2 Å². The number of carbonyl (C=O) groups is 1. The standard InChI is InChI=1S/C20H18O/c21-20-18-8-4-3-6-15(18)11-12-19(20)17-10-9-14-5-1-2-7-16(14)13-17/h1-8,13,19H,9-12H2. The summed E-state index contributed by atoms with van der Waals surface area (Å²) in [7, 11) is 0. The van der Waals surface area contributed by atoms with Gasteiger partial charge in [-0.05, 0) is 42.4 Å². The first-order valence-corrected chi connectivity index (χ1v) is 7.73. The van der Waals surface area contributed by atoms with Crippen LogP contribution in [0.15, 0.2) is 54.1 Å². The van der Waals surface area contributed by atoms with Crippen LogP contribution in [0.1, 0.15) is 39.9 Å². The third-order valence-corrected chi connectivity index (χ3v) is 4.83. The maximum Gasteiger partial charge on any atom is 0.170 e. The van der Waals surface area contributed by atoms with Gasteiger partial charge in [-0.3, -0.25) is 4.79 Å². The quantitative estimate of drug-likeness (QED) is 0.750. The minimum absolute atomic E-state index is 0.0910. The summed E-state index contributed by atoms with van der Waals surface area (Å²) in [5.41, 5.74) is 6.19. The van der Waals surface area contributed by atoms with Crippen LogP contribution in [0.5, 0.6) is 0 Å². The molecule has 21 heavy (non-hydrogen) atoms. The van der Waals surface area contributed by atoms with E-state index in [0.29, 0.717) is 5.78 Å². The van der Waals surface area contributed by atoms with Gasteiger partial charge in [-0.25, -0.2) is 0 Å². The van der Waals surface area contributed by atoms with Crippen molar-refractivity contribution in [2.75, 3.05) is 0 Å². The Hall–Kier alpha value is -2.15. The van der Waals surface area contributed by atoms with Gasteiger partial charge in [0.05, 0.1) is 0 Å². The fourth-order valence-electron chi connectivity index (χ4n) is 3.68. The van der Waals surface area contributed by atoms with Gasteiger partial charge in [0.25, 0.3) is 0 Å². The molecular weight excluding hydrogens is 256 g/mol. The molecule has 1 heteroatoms. The van der Waals surface area contributed by atoms with E-state index in [1.54, 1.807) is 0 Å². The molecular formula is C20H18O. The lowest BCUT2D eigenvalue weighted by atomic mass is 9.75. The number of fused-ring (bicyclic) bond motifs is 2. The fraction of sp³-hybridized carbons (Fsp3) is 0.250. The molecule has 104 valence electrons. The number of hydrogen-bond acceptors (Lipinski definition) is 1. The zero-order chi connectivity index (χ0) is 14.2. The van der Waals surface area contributed by atoms with Crippen LogP contribution in [-0.4, -0.2) is 5.78 Å². The van der Waals surface area contributed by atoms with Crippen LogP contribution in [0, 0.1) is 5.92 Å². The van der Waals surface area contributed by atoms with E-state index in [-0.39, 0.29) is 5.92 Å². The minimum atomic E-state index is 0.0910. The van der Waals surface area contributed by atoms with E-state index < -0.39 is 0 Å². The summed E-state index contributed by atoms with van der Waals surface area (Å²) in [6.07, 6.45) is 6.33. The Morgan fingerprint density at radius 1 is 0.810 bits per heavy atom. The number of ketones is 1. The molecule has 0 saturated carbocycles. The van der Waals surface area contributed by atoms with Gasteiger partial charge in [0.2, 0.25) is 0 Å². The van der Waals surface area contributed by atoms with Gasteiger partial charge in [-0.1, -0.05) is 60.2 Å². The van der Waals surface area contributed by atoms with Gasteiger partial charge >= 0.3 is 0 Å². The summed E-state index contributed by atoms with van der Waals surface area (Å²) in [4.78, 5) is 12.8. The van der Waals surface area contributed by atoms with Crippen molar-refractivity contribution < 1.29 is 4.79 Å². The van der Waals surface area contributed by atoms with Gasteiger partial charge < -0.3 is 0 Å². The molecule has 0 aliphatic heterocycles. The van der Waals surface area contributed by atoms with E-state index in [9.17, 15) is 4.79 Å². The number of hydrogen-bond donors (Lipinski definition) is 0. The van der Waals surface area contributed by atoms with Crippen LogP contribution in [-0.2, 0) is 12.8 Å². The largest absolute Gasteiger partial charge is 0.293 e. The second-order valence-corrected chi connectivity index (χ2v) is 6.03. The average Bonchev–Trinajstić information content (AvgIpc) is 2.55. The molecule has 0 fully saturated rings. The van der Waals surface area contributed by atoms with E-state index >= 15 is 0 Å². The molecule has 0 spiro atoms. The van der Waals surface area contributed by atoms with Gasteiger partial charge in [0, 0.05) is 11.5 Å². The van der Waals surface area contributed by atoms with E-state index in [2.05, 4.69) is 36.4 Å². The summed E-state index contributed by atoms with van der Waals surface area (Å²) in [6.45, 7) is 0. The molecule has 1 atom stereocenters. The molecule has 2 aromatic rings. The van der Waals surface area contributed by atoms with Crippen LogP contribution in [0.2, 0.25) is 0 Å². The van der Waals surface area contributed by atoms with Gasteiger partial charge in [0.1, 0.15) is 0 Å². The lowest BCUT2D eigenvalue weighted by Gasteiger charge is -2.28. The summed E-state index contributed by atoms with van der Waals surface area (Å²) in [5.74, 6) is 0.413. The highest BCUT2D eigenvalue weighted by molar-refractivity contribution is 6.02. The molecule has 1 nitrogen and oxygen atoms in total. The molecule has 0 bridgehead atoms. The molecule has 0 aromatic heterocycles. The summed E-state index contributed by atoms with van der Waals surface area (Å²) in [5, 5.41) is 0. The molecule has 0 saturated heterocycles. The molecule has 0 N–H and O–H groups in total. The van der Waals surface area contributed by atoms with Crippen LogP contribution >= 0.6 is 0 Å². The number of carbonyl (C=O) groups excluding carboxylic acids is 1. The molecule has 0 heterocycles. The Bertz CT molecular complexity index is 739. The van der Waals surface area contributed by atoms with E-state index in [1.807, 2.05) is 18.2 Å². The van der Waals surface area contributed by atoms with Crippen molar-refractivity contribution in [1.29, 1.82) is 0 Å². The number of Topliss-reactive ketones (excluding diaryl/α,β-unsaturated/α-hetero) is 1. The van der Waals surface area contributed by atoms with Crippen molar-refractivity contribution in [3.63, 3.8) is 0 Å². The SMILES string of the molecule is O=C1c2ccccc2CCC1C1=Cc2ccccc2CC1. The minimum Gasteiger partial charge on any atom is -0.293 e. The normalized spacial score (nSPS) is 20.5. The van der Waals surface area contributed by atoms with E-state index in [4.69, 9.17) is 0 Å². The number of rotatable bonds is 1. The Morgan fingerprint density at radius 3 is 2.48 bits per heavy atom. The smallest absolute Gasteiger partial charge is 0.170 e. The van der Waals surface area contributed by atoms with Gasteiger partial charge in [0.15, 0.2) is 5.78 Å². The summed E-state index contributed by atoms with van der Waals surface area (Å²) >= 11 is 0. The first-order valence-electron chi connectivity index (χ1n) is 7.73. The van der Waals surface area contributed by atoms with Crippen molar-refractivity contribution in [2.24, 2.45) is 5.92 Å². The predicted octanol–water partition coefficient (Wildman–Crippen LogP) is 4.46. The molecule has 2 aromatic carbocycles. The first kappa shape index (κ1) is 12.6. The first-order chi connectivity index (χ1) is 10.3. The fourth-order valence-corrected chi connectivity index (χ4v) is 3.68. The van der Waals surface area contributed by atoms with Crippen molar-refractivity contribution in [3.8, 4) is 0 Å². The highest BCUT2D eigenvalue weighted by Gasteiger charge is 2.30. The molecule has 4 rings (SSSR count). The van der Waals surface area contributed by atoms with Crippen LogP contribution < -0.4 is 0 Å². The van der Waals surface area contributed by atoms with Gasteiger partial charge in [-0.15, -0.1) is 0 Å². The van der Waals surface area contributed by atoms with Crippen LogP contribution in [0.4, 0.5) is 0 Å². The highest BCUT2D eigenvalue weighted by atomic mass is 16.1. The molecule has 2 aliphatic rings. The Balaban J connectivity index is 1.70. The zero-order valence-electron chi connectivity index (χ0n) is 12.0. The number of aryl methyl sites for hydroxylation is 2. The molecule has 0 radical (unpaired) electrons. The Kier molecular flexibility index (Phi) is 2.99. The number of benzene rings is 2. The third-order valence-electron chi connectivity index (χ3n) is 4.83. The van der Waals surface area contributed by atoms with Crippen molar-refractivity contribution in [2.45, 2.75) is 25.7 Å². The second kappa shape index (κ2) is 5.00. The summed E-state index contributed by atoms with van der Waals surface area (Å²) in [6, 6.07) is 16.6.